The summed E-state index contributed by atoms with van der Waals surface area (Å²) in [6.45, 7) is 2.61. The molecule has 0 fully saturated rings. The maximum absolute atomic E-state index is 12.1. The van der Waals surface area contributed by atoms with Gasteiger partial charge in [-0.2, -0.15) is 5.10 Å². The molecular weight excluding hydrogens is 292 g/mol. The summed E-state index contributed by atoms with van der Waals surface area (Å²) in [5.74, 6) is -0.442. The summed E-state index contributed by atoms with van der Waals surface area (Å²) < 4.78 is 24.8. The minimum absolute atomic E-state index is 0.0110. The number of carbonyl (C=O) groups excluding carboxylic acids is 1. The number of hydrogen-bond acceptors (Lipinski definition) is 5. The number of hydrogen-bond donors (Lipinski definition) is 2. The number of amides is 1. The summed E-state index contributed by atoms with van der Waals surface area (Å²) in [6.07, 6.45) is 4.27. The molecule has 0 atom stereocenters. The molecule has 3 N–H and O–H groups in total. The van der Waals surface area contributed by atoms with Crippen molar-refractivity contribution in [1.82, 2.24) is 9.78 Å². The van der Waals surface area contributed by atoms with Crippen LogP contribution in [0.15, 0.2) is 35.5 Å². The van der Waals surface area contributed by atoms with Gasteiger partial charge in [0.15, 0.2) is 9.84 Å². The number of rotatable bonds is 4. The van der Waals surface area contributed by atoms with Crippen LogP contribution in [-0.2, 0) is 16.4 Å². The Morgan fingerprint density at radius 2 is 2.10 bits per heavy atom. The van der Waals surface area contributed by atoms with Gasteiger partial charge >= 0.3 is 0 Å². The molecule has 2 rings (SSSR count). The van der Waals surface area contributed by atoms with Gasteiger partial charge in [0.25, 0.3) is 5.91 Å². The molecule has 0 saturated heterocycles. The second-order valence-corrected chi connectivity index (χ2v) is 6.62. The van der Waals surface area contributed by atoms with E-state index in [9.17, 15) is 13.2 Å². The lowest BCUT2D eigenvalue weighted by molar-refractivity contribution is 0.102. The Morgan fingerprint density at radius 3 is 2.67 bits per heavy atom. The van der Waals surface area contributed by atoms with Crippen molar-refractivity contribution in [3.05, 3.63) is 36.2 Å². The number of carbonyl (C=O) groups is 1. The van der Waals surface area contributed by atoms with Gasteiger partial charge in [-0.3, -0.25) is 9.48 Å². The molecule has 0 saturated carbocycles. The zero-order valence-electron chi connectivity index (χ0n) is 11.7. The van der Waals surface area contributed by atoms with Crippen molar-refractivity contribution >= 4 is 27.1 Å². The van der Waals surface area contributed by atoms with Gasteiger partial charge in [-0.05, 0) is 25.1 Å². The monoisotopic (exact) mass is 308 g/mol. The van der Waals surface area contributed by atoms with E-state index in [2.05, 4.69) is 10.4 Å². The number of aryl methyl sites for hydroxylation is 1. The van der Waals surface area contributed by atoms with Gasteiger partial charge in [0, 0.05) is 30.2 Å². The van der Waals surface area contributed by atoms with Crippen LogP contribution >= 0.6 is 0 Å². The van der Waals surface area contributed by atoms with Gasteiger partial charge in [0.1, 0.15) is 0 Å². The van der Waals surface area contributed by atoms with E-state index in [1.165, 1.54) is 24.4 Å². The molecule has 21 heavy (non-hydrogen) atoms. The zero-order valence-corrected chi connectivity index (χ0v) is 12.5. The van der Waals surface area contributed by atoms with Crippen LogP contribution in [0.25, 0.3) is 0 Å². The topological polar surface area (TPSA) is 107 Å². The summed E-state index contributed by atoms with van der Waals surface area (Å²) >= 11 is 0. The molecule has 0 spiro atoms. The summed E-state index contributed by atoms with van der Waals surface area (Å²) in [5, 5.41) is 6.68. The standard InChI is InChI=1S/C13H16N4O3S/c1-3-17-8-11(7-15-17)16-13(18)9-4-10(14)6-12(5-9)21(2,19)20/h4-8H,3,14H2,1-2H3,(H,16,18). The average molecular weight is 308 g/mol. The highest BCUT2D eigenvalue weighted by molar-refractivity contribution is 7.90. The summed E-state index contributed by atoms with van der Waals surface area (Å²) in [5.41, 5.74) is 6.58. The van der Waals surface area contributed by atoms with Crippen molar-refractivity contribution in [2.45, 2.75) is 18.4 Å². The second-order valence-electron chi connectivity index (χ2n) is 4.60. The Kier molecular flexibility index (Phi) is 3.99. The third-order valence-electron chi connectivity index (χ3n) is 2.83. The molecule has 1 amide bonds. The fourth-order valence-corrected chi connectivity index (χ4v) is 2.46. The summed E-state index contributed by atoms with van der Waals surface area (Å²) in [7, 11) is -3.43. The van der Waals surface area contributed by atoms with Crippen molar-refractivity contribution in [1.29, 1.82) is 0 Å². The fraction of sp³-hybridized carbons (Fsp3) is 0.231. The van der Waals surface area contributed by atoms with Crippen LogP contribution in [0.3, 0.4) is 0 Å². The minimum atomic E-state index is -3.43. The third-order valence-corrected chi connectivity index (χ3v) is 3.93. The van der Waals surface area contributed by atoms with Gasteiger partial charge in [0.05, 0.1) is 16.8 Å². The summed E-state index contributed by atoms with van der Waals surface area (Å²) in [4.78, 5) is 12.2. The van der Waals surface area contributed by atoms with Crippen molar-refractivity contribution < 1.29 is 13.2 Å². The number of aromatic nitrogens is 2. The number of nitrogens with two attached hydrogens (primary N) is 1. The number of nitrogens with one attached hydrogen (secondary N) is 1. The lowest BCUT2D eigenvalue weighted by Crippen LogP contribution is -2.13. The lowest BCUT2D eigenvalue weighted by atomic mass is 10.2. The number of sulfone groups is 1. The third kappa shape index (κ3) is 3.60. The molecule has 8 heteroatoms. The SMILES string of the molecule is CCn1cc(NC(=O)c2cc(N)cc(S(C)(=O)=O)c2)cn1. The number of anilines is 2. The van der Waals surface area contributed by atoms with E-state index in [1.54, 1.807) is 10.9 Å². The molecule has 0 unspecified atom stereocenters. The first-order valence-electron chi connectivity index (χ1n) is 6.24. The molecule has 0 bridgehead atoms. The Hall–Kier alpha value is -2.35. The summed E-state index contributed by atoms with van der Waals surface area (Å²) in [6, 6.07) is 4.04. The van der Waals surface area contributed by atoms with Crippen LogP contribution in [0.5, 0.6) is 0 Å². The van der Waals surface area contributed by atoms with Gasteiger partial charge in [-0.25, -0.2) is 8.42 Å². The van der Waals surface area contributed by atoms with Crippen LogP contribution < -0.4 is 11.1 Å². The van der Waals surface area contributed by atoms with Crippen LogP contribution in [0.2, 0.25) is 0 Å². The molecule has 0 radical (unpaired) electrons. The van der Waals surface area contributed by atoms with E-state index in [-0.39, 0.29) is 16.1 Å². The molecular formula is C13H16N4O3S. The fourth-order valence-electron chi connectivity index (χ4n) is 1.77. The number of nitrogens with zero attached hydrogens (tertiary/aromatic N) is 2. The normalized spacial score (nSPS) is 11.3. The molecule has 1 aromatic carbocycles. The first-order chi connectivity index (χ1) is 9.79. The lowest BCUT2D eigenvalue weighted by Gasteiger charge is -2.06. The first-order valence-corrected chi connectivity index (χ1v) is 8.13. The van der Waals surface area contributed by atoms with E-state index < -0.39 is 15.7 Å². The van der Waals surface area contributed by atoms with Crippen LogP contribution in [0.4, 0.5) is 11.4 Å². The average Bonchev–Trinajstić information content (AvgIpc) is 2.84. The Balaban J connectivity index is 2.29. The Morgan fingerprint density at radius 1 is 1.38 bits per heavy atom. The van der Waals surface area contributed by atoms with Crippen LogP contribution in [-0.4, -0.2) is 30.4 Å². The second kappa shape index (κ2) is 5.57. The highest BCUT2D eigenvalue weighted by atomic mass is 32.2. The Labute approximate surface area is 122 Å². The van der Waals surface area contributed by atoms with Crippen LogP contribution in [0, 0.1) is 0 Å². The van der Waals surface area contributed by atoms with Crippen molar-refractivity contribution in [2.75, 3.05) is 17.3 Å². The van der Waals surface area contributed by atoms with E-state index in [0.717, 1.165) is 6.26 Å². The molecule has 1 heterocycles. The van der Waals surface area contributed by atoms with E-state index >= 15 is 0 Å². The van der Waals surface area contributed by atoms with E-state index in [1.807, 2.05) is 6.92 Å². The molecule has 2 aromatic rings. The van der Waals surface area contributed by atoms with Gasteiger partial charge in [0.2, 0.25) is 0 Å². The maximum Gasteiger partial charge on any atom is 0.255 e. The smallest absolute Gasteiger partial charge is 0.255 e. The van der Waals surface area contributed by atoms with Gasteiger partial charge in [-0.1, -0.05) is 0 Å². The molecule has 1 aromatic heterocycles. The number of nitrogen functional groups attached to an aromatic ring is 1. The minimum Gasteiger partial charge on any atom is -0.399 e. The van der Waals surface area contributed by atoms with Gasteiger partial charge in [-0.15, -0.1) is 0 Å². The molecule has 0 aliphatic rings. The van der Waals surface area contributed by atoms with E-state index in [0.29, 0.717) is 12.2 Å². The highest BCUT2D eigenvalue weighted by Crippen LogP contribution is 2.18. The zero-order chi connectivity index (χ0) is 15.6. The largest absolute Gasteiger partial charge is 0.399 e. The molecule has 112 valence electrons. The quantitative estimate of drug-likeness (QED) is 0.824. The maximum atomic E-state index is 12.1. The van der Waals surface area contributed by atoms with Crippen molar-refractivity contribution in [2.24, 2.45) is 0 Å². The molecule has 0 aliphatic heterocycles. The van der Waals surface area contributed by atoms with Crippen molar-refractivity contribution in [3.8, 4) is 0 Å². The van der Waals surface area contributed by atoms with Gasteiger partial charge < -0.3 is 11.1 Å². The Bertz CT molecular complexity index is 780. The molecule has 0 aliphatic carbocycles. The predicted molar refractivity (Wildman–Crippen MR) is 79.8 cm³/mol. The first kappa shape index (κ1) is 15.0. The molecule has 7 nitrogen and oxygen atoms in total. The number of benzene rings is 1. The highest BCUT2D eigenvalue weighted by Gasteiger charge is 2.14. The van der Waals surface area contributed by atoms with Crippen LogP contribution in [0.1, 0.15) is 17.3 Å². The van der Waals surface area contributed by atoms with Crippen molar-refractivity contribution in [3.63, 3.8) is 0 Å². The predicted octanol–water partition coefficient (Wildman–Crippen LogP) is 1.14. The van der Waals surface area contributed by atoms with E-state index in [4.69, 9.17) is 5.73 Å².